The van der Waals surface area contributed by atoms with Gasteiger partial charge in [0.25, 0.3) is 0 Å². The predicted molar refractivity (Wildman–Crippen MR) is 69.7 cm³/mol. The third-order valence-electron chi connectivity index (χ3n) is 3.89. The summed E-state index contributed by atoms with van der Waals surface area (Å²) in [6.07, 6.45) is -0.709. The average Bonchev–Trinajstić information content (AvgIpc) is 2.76. The molecule has 2 nitrogen and oxygen atoms in total. The summed E-state index contributed by atoms with van der Waals surface area (Å²) < 4.78 is 44.8. The summed E-state index contributed by atoms with van der Waals surface area (Å²) in [4.78, 5) is 0. The number of halogens is 4. The topological polar surface area (TPSA) is 25.2 Å². The fraction of sp³-hybridized carbons (Fsp3) is 0.692. The van der Waals surface area contributed by atoms with Crippen molar-refractivity contribution in [3.8, 4) is 0 Å². The van der Waals surface area contributed by atoms with Gasteiger partial charge in [-0.25, -0.2) is 0 Å². The number of hydrogen-bond acceptors (Lipinski definition) is 2. The maximum Gasteiger partial charge on any atom is 0.391 e. The van der Waals surface area contributed by atoms with E-state index in [4.69, 9.17) is 4.42 Å². The molecular formula is C13H17BrF3NO. The van der Waals surface area contributed by atoms with Crippen LogP contribution in [0.25, 0.3) is 0 Å². The van der Waals surface area contributed by atoms with Crippen LogP contribution in [-0.2, 0) is 0 Å². The van der Waals surface area contributed by atoms with Gasteiger partial charge in [-0.2, -0.15) is 13.2 Å². The molecule has 1 N–H and O–H groups in total. The summed E-state index contributed by atoms with van der Waals surface area (Å²) in [5, 5.41) is 3.10. The molecule has 1 aromatic rings. The molecule has 1 aliphatic rings. The Morgan fingerprint density at radius 3 is 2.68 bits per heavy atom. The number of furan rings is 1. The van der Waals surface area contributed by atoms with E-state index in [1.54, 1.807) is 19.4 Å². The highest BCUT2D eigenvalue weighted by Crippen LogP contribution is 2.44. The van der Waals surface area contributed by atoms with Gasteiger partial charge in [-0.05, 0) is 54.2 Å². The molecule has 1 saturated carbocycles. The Morgan fingerprint density at radius 2 is 2.16 bits per heavy atom. The molecule has 3 unspecified atom stereocenters. The van der Waals surface area contributed by atoms with E-state index >= 15 is 0 Å². The van der Waals surface area contributed by atoms with Crippen LogP contribution >= 0.6 is 15.9 Å². The van der Waals surface area contributed by atoms with Gasteiger partial charge in [-0.15, -0.1) is 0 Å². The zero-order chi connectivity index (χ0) is 14.0. The zero-order valence-electron chi connectivity index (χ0n) is 10.6. The normalized spacial score (nSPS) is 26.4. The number of hydrogen-bond donors (Lipinski definition) is 1. The quantitative estimate of drug-likeness (QED) is 0.865. The van der Waals surface area contributed by atoms with Crippen LogP contribution in [0.4, 0.5) is 13.2 Å². The second kappa shape index (κ2) is 5.87. The largest absolute Gasteiger partial charge is 0.466 e. The molecule has 1 aliphatic carbocycles. The SMILES string of the molecule is CNC(c1occc1Br)C1CCCC(C(F)(F)F)C1. The van der Waals surface area contributed by atoms with Crippen LogP contribution < -0.4 is 5.32 Å². The van der Waals surface area contributed by atoms with E-state index in [2.05, 4.69) is 21.2 Å². The fourth-order valence-electron chi connectivity index (χ4n) is 2.94. The second-order valence-electron chi connectivity index (χ2n) is 5.06. The minimum absolute atomic E-state index is 0.0483. The average molecular weight is 340 g/mol. The van der Waals surface area contributed by atoms with Gasteiger partial charge in [0.15, 0.2) is 0 Å². The van der Waals surface area contributed by atoms with Crippen LogP contribution in [0.1, 0.15) is 37.5 Å². The van der Waals surface area contributed by atoms with Gasteiger partial charge >= 0.3 is 6.18 Å². The lowest BCUT2D eigenvalue weighted by Crippen LogP contribution is -2.34. The molecule has 0 bridgehead atoms. The first-order valence-electron chi connectivity index (χ1n) is 6.40. The van der Waals surface area contributed by atoms with E-state index in [0.29, 0.717) is 12.2 Å². The molecule has 0 aromatic carbocycles. The first kappa shape index (κ1) is 14.9. The van der Waals surface area contributed by atoms with E-state index in [0.717, 1.165) is 10.9 Å². The maximum atomic E-state index is 12.9. The smallest absolute Gasteiger partial charge is 0.391 e. The molecule has 108 valence electrons. The lowest BCUT2D eigenvalue weighted by atomic mass is 9.77. The summed E-state index contributed by atoms with van der Waals surface area (Å²) >= 11 is 3.37. The molecular weight excluding hydrogens is 323 g/mol. The first-order valence-corrected chi connectivity index (χ1v) is 7.19. The molecule has 3 atom stereocenters. The summed E-state index contributed by atoms with van der Waals surface area (Å²) in [6, 6.07) is 1.60. The highest BCUT2D eigenvalue weighted by Gasteiger charge is 2.44. The number of nitrogens with one attached hydrogen (secondary N) is 1. The van der Waals surface area contributed by atoms with E-state index in [9.17, 15) is 13.2 Å². The first-order chi connectivity index (χ1) is 8.93. The van der Waals surface area contributed by atoms with E-state index in [1.165, 1.54) is 0 Å². The van der Waals surface area contributed by atoms with Crippen molar-refractivity contribution in [1.82, 2.24) is 5.32 Å². The van der Waals surface area contributed by atoms with Crippen LogP contribution in [0.5, 0.6) is 0 Å². The van der Waals surface area contributed by atoms with Crippen LogP contribution in [0.15, 0.2) is 21.2 Å². The van der Waals surface area contributed by atoms with Crippen LogP contribution in [0, 0.1) is 11.8 Å². The lowest BCUT2D eigenvalue weighted by molar-refractivity contribution is -0.186. The molecule has 6 heteroatoms. The van der Waals surface area contributed by atoms with Crippen LogP contribution in [0.2, 0.25) is 0 Å². The molecule has 19 heavy (non-hydrogen) atoms. The molecule has 2 rings (SSSR count). The van der Waals surface area contributed by atoms with Crippen molar-refractivity contribution in [1.29, 1.82) is 0 Å². The summed E-state index contributed by atoms with van der Waals surface area (Å²) in [5.74, 6) is -0.543. The zero-order valence-corrected chi connectivity index (χ0v) is 12.2. The summed E-state index contributed by atoms with van der Waals surface area (Å²) in [7, 11) is 1.76. The highest BCUT2D eigenvalue weighted by atomic mass is 79.9. The van der Waals surface area contributed by atoms with Gasteiger partial charge in [-0.3, -0.25) is 0 Å². The number of rotatable bonds is 3. The van der Waals surface area contributed by atoms with Crippen molar-refractivity contribution in [3.63, 3.8) is 0 Å². The van der Waals surface area contributed by atoms with Crippen LogP contribution in [0.3, 0.4) is 0 Å². The second-order valence-corrected chi connectivity index (χ2v) is 5.92. The van der Waals surface area contributed by atoms with Gasteiger partial charge in [0.1, 0.15) is 5.76 Å². The molecule has 0 aliphatic heterocycles. The minimum atomic E-state index is -4.09. The van der Waals surface area contributed by atoms with Crippen molar-refractivity contribution < 1.29 is 17.6 Å². The van der Waals surface area contributed by atoms with E-state index < -0.39 is 12.1 Å². The number of alkyl halides is 3. The van der Waals surface area contributed by atoms with Gasteiger partial charge in [0.05, 0.1) is 22.7 Å². The van der Waals surface area contributed by atoms with E-state index in [-0.39, 0.29) is 24.8 Å². The predicted octanol–water partition coefficient (Wildman–Crippen LogP) is 4.67. The Morgan fingerprint density at radius 1 is 1.42 bits per heavy atom. The van der Waals surface area contributed by atoms with Crippen molar-refractivity contribution in [2.24, 2.45) is 11.8 Å². The minimum Gasteiger partial charge on any atom is -0.466 e. The van der Waals surface area contributed by atoms with Crippen molar-refractivity contribution in [3.05, 3.63) is 22.6 Å². The third-order valence-corrected chi connectivity index (χ3v) is 4.54. The van der Waals surface area contributed by atoms with Crippen molar-refractivity contribution >= 4 is 15.9 Å². The molecule has 0 spiro atoms. The highest BCUT2D eigenvalue weighted by molar-refractivity contribution is 9.10. The molecule has 0 amide bonds. The molecule has 0 saturated heterocycles. The van der Waals surface area contributed by atoms with Gasteiger partial charge in [0.2, 0.25) is 0 Å². The van der Waals surface area contributed by atoms with Crippen molar-refractivity contribution in [2.75, 3.05) is 7.05 Å². The Labute approximate surface area is 118 Å². The monoisotopic (exact) mass is 339 g/mol. The third kappa shape index (κ3) is 3.34. The molecule has 1 aromatic heterocycles. The summed E-state index contributed by atoms with van der Waals surface area (Å²) in [6.45, 7) is 0. The van der Waals surface area contributed by atoms with Crippen LogP contribution in [-0.4, -0.2) is 13.2 Å². The molecule has 0 radical (unpaired) electrons. The Bertz CT molecular complexity index is 418. The van der Waals surface area contributed by atoms with E-state index in [1.807, 2.05) is 0 Å². The standard InChI is InChI=1S/C13H17BrF3NO/c1-18-11(12-10(14)5-6-19-12)8-3-2-4-9(7-8)13(15,16)17/h5-6,8-9,11,18H,2-4,7H2,1H3. The fourth-order valence-corrected chi connectivity index (χ4v) is 3.38. The lowest BCUT2D eigenvalue weighted by Gasteiger charge is -2.34. The Kier molecular flexibility index (Phi) is 4.61. The maximum absolute atomic E-state index is 12.9. The molecule has 1 fully saturated rings. The molecule has 1 heterocycles. The van der Waals surface area contributed by atoms with Crippen molar-refractivity contribution in [2.45, 2.75) is 37.9 Å². The Balaban J connectivity index is 2.13. The van der Waals surface area contributed by atoms with Gasteiger partial charge in [0, 0.05) is 0 Å². The van der Waals surface area contributed by atoms with Gasteiger partial charge in [-0.1, -0.05) is 6.42 Å². The summed E-state index contributed by atoms with van der Waals surface area (Å²) in [5.41, 5.74) is 0. The Hall–Kier alpha value is -0.490. The van der Waals surface area contributed by atoms with Gasteiger partial charge < -0.3 is 9.73 Å².